The molecule has 10 heteroatoms. The summed E-state index contributed by atoms with van der Waals surface area (Å²) >= 11 is 0. The maximum absolute atomic E-state index is 12.2. The van der Waals surface area contributed by atoms with Crippen molar-refractivity contribution in [3.63, 3.8) is 0 Å². The second-order valence-corrected chi connectivity index (χ2v) is 5.68. The van der Waals surface area contributed by atoms with Crippen LogP contribution >= 0.6 is 0 Å². The summed E-state index contributed by atoms with van der Waals surface area (Å²) in [6, 6.07) is 8.94. The number of benzene rings is 2. The van der Waals surface area contributed by atoms with E-state index in [-0.39, 0.29) is 12.4 Å². The molecule has 0 saturated heterocycles. The normalized spacial score (nSPS) is 13.6. The highest BCUT2D eigenvalue weighted by molar-refractivity contribution is 5.97. The molecule has 148 valence electrons. The van der Waals surface area contributed by atoms with Crippen molar-refractivity contribution in [1.29, 1.82) is 0 Å². The van der Waals surface area contributed by atoms with Crippen LogP contribution in [0.5, 0.6) is 17.2 Å². The largest absolute Gasteiger partial charge is 0.573 e. The number of anilines is 1. The molecular weight excluding hydrogens is 383 g/mol. The highest BCUT2D eigenvalue weighted by Gasteiger charge is 2.31. The molecule has 0 aliphatic carbocycles. The van der Waals surface area contributed by atoms with Crippen molar-refractivity contribution >= 4 is 17.6 Å². The molecule has 1 amide bonds. The number of hydrogen-bond donors (Lipinski definition) is 1. The summed E-state index contributed by atoms with van der Waals surface area (Å²) in [5.74, 6) is -0.909. The van der Waals surface area contributed by atoms with Gasteiger partial charge in [-0.05, 0) is 43.3 Å². The first-order chi connectivity index (χ1) is 13.2. The minimum atomic E-state index is -4.83. The van der Waals surface area contributed by atoms with Crippen LogP contribution in [-0.4, -0.2) is 31.1 Å². The lowest BCUT2D eigenvalue weighted by atomic mass is 10.2. The SMILES string of the molecule is C[C@@H](OC(=O)c1ccc(OC(F)(F)F)cc1)C(=O)Nc1ccc2c(c1)OCO2. The molecule has 0 radical (unpaired) electrons. The maximum Gasteiger partial charge on any atom is 0.573 e. The number of ether oxygens (including phenoxy) is 4. The zero-order chi connectivity index (χ0) is 20.3. The van der Waals surface area contributed by atoms with Gasteiger partial charge in [0, 0.05) is 11.8 Å². The Morgan fingerprint density at radius 1 is 1.07 bits per heavy atom. The smallest absolute Gasteiger partial charge is 0.454 e. The van der Waals surface area contributed by atoms with Gasteiger partial charge in [-0.25, -0.2) is 4.79 Å². The second kappa shape index (κ2) is 7.67. The van der Waals surface area contributed by atoms with Gasteiger partial charge in [-0.3, -0.25) is 4.79 Å². The van der Waals surface area contributed by atoms with Gasteiger partial charge in [-0.15, -0.1) is 13.2 Å². The number of esters is 1. The molecule has 0 aromatic heterocycles. The third-order valence-corrected chi connectivity index (χ3v) is 3.62. The van der Waals surface area contributed by atoms with Crippen LogP contribution in [-0.2, 0) is 9.53 Å². The molecule has 1 heterocycles. The van der Waals surface area contributed by atoms with Crippen LogP contribution in [0.25, 0.3) is 0 Å². The Balaban J connectivity index is 1.56. The standard InChI is InChI=1S/C18H14F3NO6/c1-10(16(23)22-12-4-7-14-15(8-12)26-9-25-14)27-17(24)11-2-5-13(6-3-11)28-18(19,20)21/h2-8,10H,9H2,1H3,(H,22,23)/t10-/m1/s1. The predicted octanol–water partition coefficient (Wildman–Crippen LogP) is 3.50. The summed E-state index contributed by atoms with van der Waals surface area (Å²) < 4.78 is 55.5. The minimum absolute atomic E-state index is 0.0303. The van der Waals surface area contributed by atoms with Crippen LogP contribution in [0.3, 0.4) is 0 Å². The molecule has 0 saturated carbocycles. The molecule has 0 unspecified atom stereocenters. The fourth-order valence-corrected chi connectivity index (χ4v) is 2.29. The molecule has 7 nitrogen and oxygen atoms in total. The Bertz CT molecular complexity index is 882. The van der Waals surface area contributed by atoms with E-state index in [0.717, 1.165) is 24.3 Å². The van der Waals surface area contributed by atoms with Gasteiger partial charge in [0.05, 0.1) is 5.56 Å². The van der Waals surface area contributed by atoms with Crippen molar-refractivity contribution in [2.75, 3.05) is 12.1 Å². The van der Waals surface area contributed by atoms with E-state index in [9.17, 15) is 22.8 Å². The fraction of sp³-hybridized carbons (Fsp3) is 0.222. The Morgan fingerprint density at radius 2 is 1.75 bits per heavy atom. The summed E-state index contributed by atoms with van der Waals surface area (Å²) in [4.78, 5) is 24.2. The number of nitrogens with one attached hydrogen (secondary N) is 1. The second-order valence-electron chi connectivity index (χ2n) is 5.68. The van der Waals surface area contributed by atoms with Gasteiger partial charge in [0.2, 0.25) is 6.79 Å². The minimum Gasteiger partial charge on any atom is -0.454 e. The number of halogens is 3. The highest BCUT2D eigenvalue weighted by Crippen LogP contribution is 2.34. The Hall–Kier alpha value is -3.43. The van der Waals surface area contributed by atoms with Gasteiger partial charge < -0.3 is 24.3 Å². The number of alkyl halides is 3. The molecule has 1 N–H and O–H groups in total. The average molecular weight is 397 g/mol. The number of carbonyl (C=O) groups excluding carboxylic acids is 2. The van der Waals surface area contributed by atoms with Crippen molar-refractivity contribution in [2.24, 2.45) is 0 Å². The van der Waals surface area contributed by atoms with E-state index in [0.29, 0.717) is 17.2 Å². The third kappa shape index (κ3) is 4.84. The maximum atomic E-state index is 12.2. The molecule has 0 spiro atoms. The quantitative estimate of drug-likeness (QED) is 0.778. The summed E-state index contributed by atoms with van der Waals surface area (Å²) in [5, 5.41) is 2.57. The Labute approximate surface area is 156 Å². The lowest BCUT2D eigenvalue weighted by Crippen LogP contribution is -2.30. The van der Waals surface area contributed by atoms with Crippen LogP contribution in [0.4, 0.5) is 18.9 Å². The summed E-state index contributed by atoms with van der Waals surface area (Å²) in [5.41, 5.74) is 0.392. The number of rotatable bonds is 5. The van der Waals surface area contributed by atoms with Gasteiger partial charge >= 0.3 is 12.3 Å². The van der Waals surface area contributed by atoms with Crippen molar-refractivity contribution in [2.45, 2.75) is 19.4 Å². The molecule has 2 aromatic carbocycles. The molecule has 0 bridgehead atoms. The first-order valence-corrected chi connectivity index (χ1v) is 7.98. The summed E-state index contributed by atoms with van der Waals surface area (Å²) in [6.45, 7) is 1.45. The van der Waals surface area contributed by atoms with E-state index in [4.69, 9.17) is 14.2 Å². The van der Waals surface area contributed by atoms with Gasteiger partial charge in [0.25, 0.3) is 5.91 Å². The van der Waals surface area contributed by atoms with Crippen LogP contribution in [0.15, 0.2) is 42.5 Å². The van der Waals surface area contributed by atoms with Gasteiger partial charge in [-0.1, -0.05) is 0 Å². The molecule has 3 rings (SSSR count). The van der Waals surface area contributed by atoms with E-state index in [1.165, 1.54) is 6.92 Å². The van der Waals surface area contributed by atoms with E-state index in [1.807, 2.05) is 0 Å². The molecule has 28 heavy (non-hydrogen) atoms. The van der Waals surface area contributed by atoms with Crippen molar-refractivity contribution < 1.29 is 41.7 Å². The summed E-state index contributed by atoms with van der Waals surface area (Å²) in [7, 11) is 0. The molecule has 0 fully saturated rings. The van der Waals surface area contributed by atoms with Crippen molar-refractivity contribution in [1.82, 2.24) is 0 Å². The molecule has 2 aromatic rings. The van der Waals surface area contributed by atoms with E-state index < -0.39 is 30.1 Å². The predicted molar refractivity (Wildman–Crippen MR) is 89.2 cm³/mol. The zero-order valence-corrected chi connectivity index (χ0v) is 14.4. The zero-order valence-electron chi connectivity index (χ0n) is 14.4. The summed E-state index contributed by atoms with van der Waals surface area (Å²) in [6.07, 6.45) is -5.98. The Kier molecular flexibility index (Phi) is 5.30. The molecule has 1 aliphatic rings. The number of amides is 1. The van der Waals surface area contributed by atoms with Crippen LogP contribution < -0.4 is 19.5 Å². The van der Waals surface area contributed by atoms with Crippen LogP contribution in [0, 0.1) is 0 Å². The lowest BCUT2D eigenvalue weighted by Gasteiger charge is -2.14. The molecular formula is C18H14F3NO6. The Morgan fingerprint density at radius 3 is 2.43 bits per heavy atom. The van der Waals surface area contributed by atoms with Crippen LogP contribution in [0.1, 0.15) is 17.3 Å². The van der Waals surface area contributed by atoms with Crippen molar-refractivity contribution in [3.8, 4) is 17.2 Å². The monoisotopic (exact) mass is 397 g/mol. The van der Waals surface area contributed by atoms with Crippen LogP contribution in [0.2, 0.25) is 0 Å². The van der Waals surface area contributed by atoms with Crippen molar-refractivity contribution in [3.05, 3.63) is 48.0 Å². The fourth-order valence-electron chi connectivity index (χ4n) is 2.29. The molecule has 1 aliphatic heterocycles. The number of carbonyl (C=O) groups is 2. The molecule has 1 atom stereocenters. The number of fused-ring (bicyclic) bond motifs is 1. The third-order valence-electron chi connectivity index (χ3n) is 3.62. The van der Waals surface area contributed by atoms with E-state index in [2.05, 4.69) is 10.1 Å². The first kappa shape index (κ1) is 19.3. The van der Waals surface area contributed by atoms with Gasteiger partial charge in [0.15, 0.2) is 17.6 Å². The lowest BCUT2D eigenvalue weighted by molar-refractivity contribution is -0.274. The van der Waals surface area contributed by atoms with Gasteiger partial charge in [-0.2, -0.15) is 0 Å². The first-order valence-electron chi connectivity index (χ1n) is 7.98. The number of hydrogen-bond acceptors (Lipinski definition) is 6. The highest BCUT2D eigenvalue weighted by atomic mass is 19.4. The van der Waals surface area contributed by atoms with E-state index in [1.54, 1.807) is 18.2 Å². The van der Waals surface area contributed by atoms with E-state index >= 15 is 0 Å². The average Bonchev–Trinajstić information content (AvgIpc) is 3.08. The topological polar surface area (TPSA) is 83.1 Å². The van der Waals surface area contributed by atoms with Gasteiger partial charge in [0.1, 0.15) is 5.75 Å².